The molecule has 0 saturated carbocycles. The van der Waals surface area contributed by atoms with Gasteiger partial charge in [-0.05, 0) is 48.5 Å². The number of anilines is 2. The van der Waals surface area contributed by atoms with Crippen molar-refractivity contribution in [3.8, 4) is 11.5 Å². The highest BCUT2D eigenvalue weighted by atomic mass is 19.1. The predicted molar refractivity (Wildman–Crippen MR) is 106 cm³/mol. The van der Waals surface area contributed by atoms with E-state index in [2.05, 4.69) is 15.6 Å². The summed E-state index contributed by atoms with van der Waals surface area (Å²) in [4.78, 5) is 28.9. The summed E-state index contributed by atoms with van der Waals surface area (Å²) in [7, 11) is 3.01. The molecule has 1 aromatic heterocycles. The standard InChI is InChI=1S/C21H18FN3O4/c1-28-18-8-7-16(12-19(18)29-2)25-21(27)17-11-13(9-10-23-17)20(26)24-15-5-3-14(22)4-6-15/h3-12H,1-2H3,(H,24,26)(H,25,27). The first-order valence-corrected chi connectivity index (χ1v) is 8.56. The van der Waals surface area contributed by atoms with E-state index in [1.165, 1.54) is 56.8 Å². The Balaban J connectivity index is 1.73. The summed E-state index contributed by atoms with van der Waals surface area (Å²) in [6.45, 7) is 0. The second kappa shape index (κ2) is 8.83. The van der Waals surface area contributed by atoms with Gasteiger partial charge in [-0.1, -0.05) is 0 Å². The minimum Gasteiger partial charge on any atom is -0.493 e. The van der Waals surface area contributed by atoms with E-state index in [0.29, 0.717) is 22.9 Å². The Morgan fingerprint density at radius 2 is 1.48 bits per heavy atom. The van der Waals surface area contributed by atoms with Gasteiger partial charge in [0.05, 0.1) is 14.2 Å². The van der Waals surface area contributed by atoms with Crippen LogP contribution < -0.4 is 20.1 Å². The number of nitrogens with one attached hydrogen (secondary N) is 2. The topological polar surface area (TPSA) is 89.5 Å². The number of aromatic nitrogens is 1. The molecule has 0 saturated heterocycles. The number of rotatable bonds is 6. The van der Waals surface area contributed by atoms with Crippen molar-refractivity contribution in [2.45, 2.75) is 0 Å². The highest BCUT2D eigenvalue weighted by molar-refractivity contribution is 6.07. The fraction of sp³-hybridized carbons (Fsp3) is 0.0952. The Morgan fingerprint density at radius 1 is 0.828 bits per heavy atom. The molecule has 0 spiro atoms. The molecule has 7 nitrogen and oxygen atoms in total. The number of benzene rings is 2. The fourth-order valence-electron chi connectivity index (χ4n) is 2.54. The van der Waals surface area contributed by atoms with Crippen LogP contribution in [0.3, 0.4) is 0 Å². The Kier molecular flexibility index (Phi) is 6.03. The summed E-state index contributed by atoms with van der Waals surface area (Å²) in [6, 6.07) is 13.1. The second-order valence-corrected chi connectivity index (χ2v) is 5.91. The number of carbonyl (C=O) groups is 2. The smallest absolute Gasteiger partial charge is 0.274 e. The largest absolute Gasteiger partial charge is 0.493 e. The average Bonchev–Trinajstić information content (AvgIpc) is 2.75. The van der Waals surface area contributed by atoms with E-state index in [0.717, 1.165) is 0 Å². The van der Waals surface area contributed by atoms with Crippen LogP contribution in [0.15, 0.2) is 60.8 Å². The van der Waals surface area contributed by atoms with Crippen molar-refractivity contribution in [3.63, 3.8) is 0 Å². The van der Waals surface area contributed by atoms with Crippen molar-refractivity contribution < 1.29 is 23.5 Å². The van der Waals surface area contributed by atoms with Gasteiger partial charge in [-0.3, -0.25) is 14.6 Å². The monoisotopic (exact) mass is 395 g/mol. The van der Waals surface area contributed by atoms with Gasteiger partial charge in [-0.25, -0.2) is 4.39 Å². The van der Waals surface area contributed by atoms with Crippen LogP contribution in [0.2, 0.25) is 0 Å². The lowest BCUT2D eigenvalue weighted by Crippen LogP contribution is -2.17. The van der Waals surface area contributed by atoms with Crippen molar-refractivity contribution in [1.29, 1.82) is 0 Å². The Bertz CT molecular complexity index is 1040. The summed E-state index contributed by atoms with van der Waals surface area (Å²) in [6.07, 6.45) is 1.36. The molecule has 0 aliphatic carbocycles. The lowest BCUT2D eigenvalue weighted by atomic mass is 10.2. The highest BCUT2D eigenvalue weighted by Crippen LogP contribution is 2.29. The van der Waals surface area contributed by atoms with E-state index >= 15 is 0 Å². The number of hydrogen-bond donors (Lipinski definition) is 2. The van der Waals surface area contributed by atoms with Crippen LogP contribution in [-0.2, 0) is 0 Å². The molecular formula is C21H18FN3O4. The molecule has 2 aromatic carbocycles. The van der Waals surface area contributed by atoms with Gasteiger partial charge in [0.25, 0.3) is 11.8 Å². The number of pyridine rings is 1. The van der Waals surface area contributed by atoms with Crippen molar-refractivity contribution in [2.24, 2.45) is 0 Å². The van der Waals surface area contributed by atoms with Crippen molar-refractivity contribution in [3.05, 3.63) is 77.9 Å². The van der Waals surface area contributed by atoms with Gasteiger partial charge in [0.2, 0.25) is 0 Å². The first kappa shape index (κ1) is 19.8. The zero-order chi connectivity index (χ0) is 20.8. The molecule has 2 N–H and O–H groups in total. The third-order valence-electron chi connectivity index (χ3n) is 4.00. The quantitative estimate of drug-likeness (QED) is 0.664. The zero-order valence-corrected chi connectivity index (χ0v) is 15.7. The lowest BCUT2D eigenvalue weighted by Gasteiger charge is -2.11. The molecule has 0 aliphatic heterocycles. The Labute approximate surface area is 166 Å². The van der Waals surface area contributed by atoms with Gasteiger partial charge < -0.3 is 20.1 Å². The third-order valence-corrected chi connectivity index (χ3v) is 4.00. The average molecular weight is 395 g/mol. The summed E-state index contributed by atoms with van der Waals surface area (Å²) in [5, 5.41) is 5.33. The fourth-order valence-corrected chi connectivity index (χ4v) is 2.54. The lowest BCUT2D eigenvalue weighted by molar-refractivity contribution is 0.102. The number of carbonyl (C=O) groups excluding carboxylic acids is 2. The first-order valence-electron chi connectivity index (χ1n) is 8.56. The first-order chi connectivity index (χ1) is 14.0. The summed E-state index contributed by atoms with van der Waals surface area (Å²) in [5.74, 6) is -0.345. The number of nitrogens with zero attached hydrogens (tertiary/aromatic N) is 1. The van der Waals surface area contributed by atoms with Crippen LogP contribution in [0.4, 0.5) is 15.8 Å². The molecule has 148 valence electrons. The third kappa shape index (κ3) is 4.86. The van der Waals surface area contributed by atoms with Crippen LogP contribution >= 0.6 is 0 Å². The summed E-state index contributed by atoms with van der Waals surface area (Å²) in [5.41, 5.74) is 1.22. The number of methoxy groups -OCH3 is 2. The summed E-state index contributed by atoms with van der Waals surface area (Å²) < 4.78 is 23.4. The Morgan fingerprint density at radius 3 is 2.17 bits per heavy atom. The van der Waals surface area contributed by atoms with Gasteiger partial charge in [-0.2, -0.15) is 0 Å². The van der Waals surface area contributed by atoms with Crippen LogP contribution in [0, 0.1) is 5.82 Å². The predicted octanol–water partition coefficient (Wildman–Crippen LogP) is 3.74. The van der Waals surface area contributed by atoms with Crippen LogP contribution in [0.5, 0.6) is 11.5 Å². The van der Waals surface area contributed by atoms with Gasteiger partial charge in [-0.15, -0.1) is 0 Å². The maximum absolute atomic E-state index is 13.0. The number of amides is 2. The maximum atomic E-state index is 13.0. The molecule has 0 aliphatic rings. The van der Waals surface area contributed by atoms with Crippen LogP contribution in [-0.4, -0.2) is 31.0 Å². The molecule has 8 heteroatoms. The summed E-state index contributed by atoms with van der Waals surface area (Å²) >= 11 is 0. The molecule has 29 heavy (non-hydrogen) atoms. The SMILES string of the molecule is COc1ccc(NC(=O)c2cc(C(=O)Nc3ccc(F)cc3)ccn2)cc1OC. The number of halogens is 1. The van der Waals surface area contributed by atoms with Crippen LogP contribution in [0.25, 0.3) is 0 Å². The number of ether oxygens (including phenoxy) is 2. The number of hydrogen-bond acceptors (Lipinski definition) is 5. The van der Waals surface area contributed by atoms with Gasteiger partial charge in [0.15, 0.2) is 11.5 Å². The molecule has 3 aromatic rings. The molecule has 0 bridgehead atoms. The molecule has 2 amide bonds. The maximum Gasteiger partial charge on any atom is 0.274 e. The molecule has 0 fully saturated rings. The van der Waals surface area contributed by atoms with Crippen molar-refractivity contribution >= 4 is 23.2 Å². The minimum atomic E-state index is -0.492. The van der Waals surface area contributed by atoms with Crippen molar-refractivity contribution in [2.75, 3.05) is 24.9 Å². The van der Waals surface area contributed by atoms with Crippen LogP contribution in [0.1, 0.15) is 20.8 Å². The molecule has 0 unspecified atom stereocenters. The van der Waals surface area contributed by atoms with E-state index in [4.69, 9.17) is 9.47 Å². The molecule has 1 heterocycles. The molecular weight excluding hydrogens is 377 g/mol. The minimum absolute atomic E-state index is 0.0616. The van der Waals surface area contributed by atoms with Gasteiger partial charge in [0.1, 0.15) is 11.5 Å². The highest BCUT2D eigenvalue weighted by Gasteiger charge is 2.14. The normalized spacial score (nSPS) is 10.2. The molecule has 0 atom stereocenters. The van der Waals surface area contributed by atoms with E-state index < -0.39 is 17.6 Å². The zero-order valence-electron chi connectivity index (χ0n) is 15.7. The van der Waals surface area contributed by atoms with Crippen molar-refractivity contribution in [1.82, 2.24) is 4.98 Å². The van der Waals surface area contributed by atoms with E-state index in [1.807, 2.05) is 0 Å². The van der Waals surface area contributed by atoms with E-state index in [1.54, 1.807) is 18.2 Å². The molecule has 3 rings (SSSR count). The Hall–Kier alpha value is -3.94. The molecule has 0 radical (unpaired) electrons. The van der Waals surface area contributed by atoms with E-state index in [9.17, 15) is 14.0 Å². The van der Waals surface area contributed by atoms with Gasteiger partial charge >= 0.3 is 0 Å². The van der Waals surface area contributed by atoms with Gasteiger partial charge in [0, 0.05) is 29.2 Å². The van der Waals surface area contributed by atoms with E-state index in [-0.39, 0.29) is 11.3 Å². The second-order valence-electron chi connectivity index (χ2n) is 5.91.